The molecule has 0 bridgehead atoms. The van der Waals surface area contributed by atoms with E-state index in [1.165, 1.54) is 4.46 Å². The fraction of sp³-hybridized carbons (Fsp3) is 0.200. The van der Waals surface area contributed by atoms with Crippen LogP contribution in [0.5, 0.6) is 0 Å². The molecule has 1 aromatic carbocycles. The Bertz CT molecular complexity index is 254. The van der Waals surface area contributed by atoms with Gasteiger partial charge in [0.15, 0.2) is 0 Å². The van der Waals surface area contributed by atoms with Crippen LogP contribution < -0.4 is 4.46 Å². The average Bonchev–Trinajstić information content (AvgIpc) is 2.16. The number of rotatable bonds is 3. The van der Waals surface area contributed by atoms with Crippen molar-refractivity contribution in [2.24, 2.45) is 0 Å². The minimum absolute atomic E-state index is 0.186. The molecule has 64 valence electrons. The van der Waals surface area contributed by atoms with Crippen LogP contribution >= 0.6 is 0 Å². The molecule has 0 heterocycles. The second kappa shape index (κ2) is 5.15. The Kier molecular flexibility index (Phi) is 4.09. The molecule has 0 aromatic heterocycles. The monoisotopic (exact) mass is 228 g/mol. The predicted octanol–water partition coefficient (Wildman–Crippen LogP) is 0.912. The van der Waals surface area contributed by atoms with Crippen LogP contribution in [0.4, 0.5) is 0 Å². The Labute approximate surface area is 79.3 Å². The minimum atomic E-state index is 0.186. The molecule has 0 saturated heterocycles. The quantitative estimate of drug-likeness (QED) is 0.761. The van der Waals surface area contributed by atoms with Crippen molar-refractivity contribution in [3.63, 3.8) is 0 Å². The number of hydrogen-bond acceptors (Lipinski definition) is 1. The summed E-state index contributed by atoms with van der Waals surface area (Å²) < 4.78 is 2.45. The van der Waals surface area contributed by atoms with E-state index in [-0.39, 0.29) is 6.61 Å². The first-order chi connectivity index (χ1) is 5.86. The Balaban J connectivity index is 2.64. The fourth-order valence-electron chi connectivity index (χ4n) is 0.822. The summed E-state index contributed by atoms with van der Waals surface area (Å²) in [5.74, 6) is 0. The number of hydrogen-bond donors (Lipinski definition) is 1. The molecule has 1 aromatic rings. The van der Waals surface area contributed by atoms with Crippen LogP contribution in [0.1, 0.15) is 6.92 Å². The van der Waals surface area contributed by atoms with E-state index in [0.717, 1.165) is 4.47 Å². The molecule has 1 rings (SSSR count). The van der Waals surface area contributed by atoms with Crippen molar-refractivity contribution in [2.45, 2.75) is 6.92 Å². The molecule has 1 nitrogen and oxygen atoms in total. The number of aliphatic hydroxyl groups excluding tert-OH is 1. The van der Waals surface area contributed by atoms with E-state index in [4.69, 9.17) is 5.11 Å². The van der Waals surface area contributed by atoms with E-state index in [9.17, 15) is 0 Å². The molecule has 0 radical (unpaired) electrons. The number of allylic oxidation sites excluding steroid dienone is 1. The van der Waals surface area contributed by atoms with Crippen molar-refractivity contribution in [3.05, 3.63) is 40.9 Å². The van der Waals surface area contributed by atoms with Crippen LogP contribution in [-0.4, -0.2) is 26.7 Å². The summed E-state index contributed by atoms with van der Waals surface area (Å²) in [7, 11) is 0. The van der Waals surface area contributed by atoms with E-state index in [2.05, 4.69) is 12.1 Å². The second-order valence-electron chi connectivity index (χ2n) is 2.33. The van der Waals surface area contributed by atoms with Crippen LogP contribution in [0.25, 0.3) is 0 Å². The topological polar surface area (TPSA) is 20.2 Å². The number of aliphatic hydroxyl groups is 1. The summed E-state index contributed by atoms with van der Waals surface area (Å²) in [5, 5.41) is 8.93. The summed E-state index contributed by atoms with van der Waals surface area (Å²) >= 11 is 0.296. The van der Waals surface area contributed by atoms with Crippen molar-refractivity contribution in [3.8, 4) is 0 Å². The van der Waals surface area contributed by atoms with E-state index in [1.807, 2.05) is 31.2 Å². The first-order valence-corrected chi connectivity index (χ1v) is 5.57. The zero-order valence-electron chi connectivity index (χ0n) is 7.03. The molecule has 12 heavy (non-hydrogen) atoms. The molecular formula is C10H12OSe. The molecule has 2 heteroatoms. The summed E-state index contributed by atoms with van der Waals surface area (Å²) in [5.41, 5.74) is 0. The molecular weight excluding hydrogens is 215 g/mol. The van der Waals surface area contributed by atoms with Crippen molar-refractivity contribution < 1.29 is 5.11 Å². The average molecular weight is 227 g/mol. The van der Waals surface area contributed by atoms with Gasteiger partial charge in [0.25, 0.3) is 0 Å². The standard InChI is InChI=1S/C10H12OSe/c1-2-9(8-11)12-10-6-4-3-5-7-10/h2-7,11H,8H2,1H3/b9-2+. The van der Waals surface area contributed by atoms with Gasteiger partial charge in [0.1, 0.15) is 0 Å². The van der Waals surface area contributed by atoms with Crippen molar-refractivity contribution in [1.29, 1.82) is 0 Å². The van der Waals surface area contributed by atoms with Crippen LogP contribution in [0.15, 0.2) is 40.9 Å². The normalized spacial score (nSPS) is 11.7. The van der Waals surface area contributed by atoms with Gasteiger partial charge in [-0.2, -0.15) is 0 Å². The SMILES string of the molecule is C/C=C(\CO)[Se]c1ccccc1. The first kappa shape index (κ1) is 9.53. The molecule has 0 amide bonds. The Morgan fingerprint density at radius 1 is 1.42 bits per heavy atom. The Morgan fingerprint density at radius 2 is 2.08 bits per heavy atom. The zero-order valence-corrected chi connectivity index (χ0v) is 8.74. The molecule has 0 aliphatic rings. The molecule has 0 spiro atoms. The van der Waals surface area contributed by atoms with Gasteiger partial charge in [-0.05, 0) is 0 Å². The zero-order chi connectivity index (χ0) is 8.81. The van der Waals surface area contributed by atoms with Crippen molar-refractivity contribution in [1.82, 2.24) is 0 Å². The number of benzene rings is 1. The van der Waals surface area contributed by atoms with Gasteiger partial charge in [0, 0.05) is 0 Å². The van der Waals surface area contributed by atoms with Crippen LogP contribution in [0.3, 0.4) is 0 Å². The third kappa shape index (κ3) is 2.82. The fourth-order valence-corrected chi connectivity index (χ4v) is 2.46. The molecule has 0 aliphatic heterocycles. The Hall–Kier alpha value is -0.561. The van der Waals surface area contributed by atoms with Gasteiger partial charge in [-0.15, -0.1) is 0 Å². The summed E-state index contributed by atoms with van der Waals surface area (Å²) in [6, 6.07) is 10.3. The molecule has 0 atom stereocenters. The summed E-state index contributed by atoms with van der Waals surface area (Å²) in [6.45, 7) is 2.15. The van der Waals surface area contributed by atoms with Gasteiger partial charge in [0.05, 0.1) is 0 Å². The Morgan fingerprint density at radius 3 is 2.58 bits per heavy atom. The predicted molar refractivity (Wildman–Crippen MR) is 52.7 cm³/mol. The van der Waals surface area contributed by atoms with Crippen LogP contribution in [0, 0.1) is 0 Å². The molecule has 0 fully saturated rings. The third-order valence-corrected chi connectivity index (χ3v) is 3.85. The van der Waals surface area contributed by atoms with Gasteiger partial charge >= 0.3 is 78.9 Å². The van der Waals surface area contributed by atoms with Gasteiger partial charge < -0.3 is 0 Å². The molecule has 1 N–H and O–H groups in total. The van der Waals surface area contributed by atoms with Gasteiger partial charge in [-0.3, -0.25) is 0 Å². The van der Waals surface area contributed by atoms with E-state index in [0.29, 0.717) is 15.0 Å². The van der Waals surface area contributed by atoms with Crippen molar-refractivity contribution in [2.75, 3.05) is 6.61 Å². The van der Waals surface area contributed by atoms with Gasteiger partial charge in [-0.1, -0.05) is 0 Å². The summed E-state index contributed by atoms with van der Waals surface area (Å²) in [4.78, 5) is 0. The van der Waals surface area contributed by atoms with Gasteiger partial charge in [0.2, 0.25) is 0 Å². The molecule has 0 saturated carbocycles. The first-order valence-electron chi connectivity index (χ1n) is 3.85. The third-order valence-electron chi connectivity index (χ3n) is 1.47. The maximum absolute atomic E-state index is 8.93. The van der Waals surface area contributed by atoms with E-state index in [1.54, 1.807) is 0 Å². The summed E-state index contributed by atoms with van der Waals surface area (Å²) in [6.07, 6.45) is 1.99. The molecule has 0 unspecified atom stereocenters. The second-order valence-corrected chi connectivity index (χ2v) is 4.85. The maximum atomic E-state index is 8.93. The molecule has 0 aliphatic carbocycles. The van der Waals surface area contributed by atoms with E-state index < -0.39 is 0 Å². The van der Waals surface area contributed by atoms with Crippen molar-refractivity contribution >= 4 is 19.4 Å². The van der Waals surface area contributed by atoms with Crippen LogP contribution in [-0.2, 0) is 0 Å². The van der Waals surface area contributed by atoms with Gasteiger partial charge in [-0.25, -0.2) is 0 Å². The van der Waals surface area contributed by atoms with Crippen LogP contribution in [0.2, 0.25) is 0 Å². The van der Waals surface area contributed by atoms with E-state index >= 15 is 0 Å².